The van der Waals surface area contributed by atoms with Gasteiger partial charge in [0, 0.05) is 35.7 Å². The second-order valence-electron chi connectivity index (χ2n) is 6.74. The standard InChI is InChI=1S/C22H18N2O5/c25-18(17-9-3-11-23-17)13-29-19(26)10-4-12-24-21(27)15-7-1-5-14-6-2-8-16(20(14)15)22(24)28/h1-3,5-9,11,23H,4,10,12-13H2. The molecule has 0 radical (unpaired) electrons. The van der Waals surface area contributed by atoms with Gasteiger partial charge >= 0.3 is 5.97 Å². The monoisotopic (exact) mass is 390 g/mol. The van der Waals surface area contributed by atoms with Gasteiger partial charge in [0.2, 0.25) is 5.78 Å². The minimum absolute atomic E-state index is 0.000906. The van der Waals surface area contributed by atoms with Crippen molar-refractivity contribution in [2.45, 2.75) is 12.8 Å². The maximum Gasteiger partial charge on any atom is 0.306 e. The lowest BCUT2D eigenvalue weighted by Crippen LogP contribution is -2.41. The quantitative estimate of drug-likeness (QED) is 0.380. The average molecular weight is 390 g/mol. The van der Waals surface area contributed by atoms with Crippen molar-refractivity contribution < 1.29 is 23.9 Å². The summed E-state index contributed by atoms with van der Waals surface area (Å²) in [6, 6.07) is 14.0. The summed E-state index contributed by atoms with van der Waals surface area (Å²) in [7, 11) is 0. The van der Waals surface area contributed by atoms with E-state index in [1.807, 2.05) is 12.1 Å². The molecule has 0 saturated carbocycles. The van der Waals surface area contributed by atoms with Crippen LogP contribution in [0.2, 0.25) is 0 Å². The molecule has 4 rings (SSSR count). The van der Waals surface area contributed by atoms with E-state index in [2.05, 4.69) is 4.98 Å². The number of imide groups is 1. The molecule has 0 bridgehead atoms. The summed E-state index contributed by atoms with van der Waals surface area (Å²) in [5.41, 5.74) is 1.34. The molecule has 7 nitrogen and oxygen atoms in total. The van der Waals surface area contributed by atoms with Gasteiger partial charge in [-0.05, 0) is 36.1 Å². The van der Waals surface area contributed by atoms with E-state index in [9.17, 15) is 19.2 Å². The van der Waals surface area contributed by atoms with E-state index in [4.69, 9.17) is 4.74 Å². The average Bonchev–Trinajstić information content (AvgIpc) is 3.27. The van der Waals surface area contributed by atoms with Crippen LogP contribution in [0.15, 0.2) is 54.7 Å². The number of aromatic nitrogens is 1. The first kappa shape index (κ1) is 18.6. The van der Waals surface area contributed by atoms with Gasteiger partial charge in [0.1, 0.15) is 0 Å². The van der Waals surface area contributed by atoms with Gasteiger partial charge in [-0.15, -0.1) is 0 Å². The number of amides is 2. The third kappa shape index (κ3) is 3.54. The number of benzene rings is 2. The van der Waals surface area contributed by atoms with Crippen LogP contribution < -0.4 is 0 Å². The van der Waals surface area contributed by atoms with Gasteiger partial charge in [-0.3, -0.25) is 24.1 Å². The summed E-state index contributed by atoms with van der Waals surface area (Å²) >= 11 is 0. The molecule has 0 spiro atoms. The molecule has 29 heavy (non-hydrogen) atoms. The Labute approximate surface area is 166 Å². The van der Waals surface area contributed by atoms with Crippen LogP contribution in [0.3, 0.4) is 0 Å². The molecular weight excluding hydrogens is 372 g/mol. The molecule has 146 valence electrons. The summed E-state index contributed by atoms with van der Waals surface area (Å²) in [5, 5.41) is 1.51. The number of carbonyl (C=O) groups excluding carboxylic acids is 4. The smallest absolute Gasteiger partial charge is 0.306 e. The fourth-order valence-electron chi connectivity index (χ4n) is 3.46. The molecule has 3 aromatic rings. The fourth-order valence-corrected chi connectivity index (χ4v) is 3.46. The van der Waals surface area contributed by atoms with Crippen LogP contribution in [0.4, 0.5) is 0 Å². The van der Waals surface area contributed by atoms with Gasteiger partial charge in [-0.2, -0.15) is 0 Å². The molecule has 1 aliphatic rings. The van der Waals surface area contributed by atoms with Crippen molar-refractivity contribution in [1.29, 1.82) is 0 Å². The van der Waals surface area contributed by atoms with Crippen LogP contribution >= 0.6 is 0 Å². The predicted octanol–water partition coefficient (Wildman–Crippen LogP) is 2.97. The number of Topliss-reactive ketones (excluding diaryl/α,β-unsaturated/α-hetero) is 1. The minimum Gasteiger partial charge on any atom is -0.457 e. The Kier molecular flexibility index (Phi) is 4.95. The minimum atomic E-state index is -0.552. The predicted molar refractivity (Wildman–Crippen MR) is 105 cm³/mol. The van der Waals surface area contributed by atoms with E-state index in [1.54, 1.807) is 42.6 Å². The number of nitrogens with zero attached hydrogens (tertiary/aromatic N) is 1. The maximum absolute atomic E-state index is 12.8. The van der Waals surface area contributed by atoms with E-state index in [-0.39, 0.29) is 43.6 Å². The van der Waals surface area contributed by atoms with E-state index >= 15 is 0 Å². The Balaban J connectivity index is 1.36. The van der Waals surface area contributed by atoms with Gasteiger partial charge < -0.3 is 9.72 Å². The fraction of sp³-hybridized carbons (Fsp3) is 0.182. The van der Waals surface area contributed by atoms with Gasteiger partial charge in [0.05, 0.1) is 5.69 Å². The second-order valence-corrected chi connectivity index (χ2v) is 6.74. The number of hydrogen-bond acceptors (Lipinski definition) is 5. The summed E-state index contributed by atoms with van der Waals surface area (Å²) < 4.78 is 4.98. The highest BCUT2D eigenvalue weighted by molar-refractivity contribution is 6.25. The Morgan fingerprint density at radius 1 is 0.931 bits per heavy atom. The van der Waals surface area contributed by atoms with E-state index < -0.39 is 5.97 Å². The molecule has 2 heterocycles. The number of carbonyl (C=O) groups is 4. The first-order valence-electron chi connectivity index (χ1n) is 9.26. The molecule has 0 unspecified atom stereocenters. The Morgan fingerprint density at radius 2 is 1.62 bits per heavy atom. The number of ether oxygens (including phenoxy) is 1. The maximum atomic E-state index is 12.8. The highest BCUT2D eigenvalue weighted by atomic mass is 16.5. The van der Waals surface area contributed by atoms with E-state index in [0.717, 1.165) is 10.3 Å². The van der Waals surface area contributed by atoms with E-state index in [0.29, 0.717) is 22.2 Å². The zero-order chi connectivity index (χ0) is 20.4. The van der Waals surface area contributed by atoms with Crippen LogP contribution in [0.25, 0.3) is 10.8 Å². The van der Waals surface area contributed by atoms with Crippen LogP contribution in [0, 0.1) is 0 Å². The number of esters is 1. The summed E-state index contributed by atoms with van der Waals surface area (Å²) in [6.45, 7) is -0.252. The van der Waals surface area contributed by atoms with Gasteiger partial charge in [-0.25, -0.2) is 0 Å². The van der Waals surface area contributed by atoms with Gasteiger partial charge in [-0.1, -0.05) is 24.3 Å². The zero-order valence-corrected chi connectivity index (χ0v) is 15.5. The highest BCUT2D eigenvalue weighted by Crippen LogP contribution is 2.30. The SMILES string of the molecule is O=C(CCCN1C(=O)c2cccc3cccc(c23)C1=O)OCC(=O)c1ccc[nH]1. The van der Waals surface area contributed by atoms with Crippen molar-refractivity contribution in [3.63, 3.8) is 0 Å². The van der Waals surface area contributed by atoms with Gasteiger partial charge in [0.25, 0.3) is 11.8 Å². The Hall–Kier alpha value is -3.74. The Morgan fingerprint density at radius 3 is 2.24 bits per heavy atom. The molecular formula is C22H18N2O5. The van der Waals surface area contributed by atoms with Crippen molar-refractivity contribution in [2.24, 2.45) is 0 Å². The zero-order valence-electron chi connectivity index (χ0n) is 15.5. The summed E-state index contributed by atoms with van der Waals surface area (Å²) in [4.78, 5) is 53.2. The molecule has 2 amide bonds. The van der Waals surface area contributed by atoms with Crippen LogP contribution in [0.5, 0.6) is 0 Å². The summed E-state index contributed by atoms with van der Waals surface area (Å²) in [6.07, 6.45) is 1.87. The van der Waals surface area contributed by atoms with E-state index in [1.165, 1.54) is 0 Å². The Bertz CT molecular complexity index is 1070. The van der Waals surface area contributed by atoms with Crippen LogP contribution in [0.1, 0.15) is 44.0 Å². The molecule has 0 saturated heterocycles. The lowest BCUT2D eigenvalue weighted by atomic mass is 9.94. The number of ketones is 1. The van der Waals surface area contributed by atoms with Crippen molar-refractivity contribution >= 4 is 34.3 Å². The topological polar surface area (TPSA) is 96.5 Å². The second kappa shape index (κ2) is 7.71. The number of hydrogen-bond donors (Lipinski definition) is 1. The van der Waals surface area contributed by atoms with Gasteiger partial charge in [0.15, 0.2) is 6.61 Å². The van der Waals surface area contributed by atoms with Crippen molar-refractivity contribution in [2.75, 3.05) is 13.2 Å². The number of H-pyrrole nitrogens is 1. The molecule has 1 N–H and O–H groups in total. The molecule has 1 aromatic heterocycles. The lowest BCUT2D eigenvalue weighted by molar-refractivity contribution is -0.142. The molecule has 0 atom stereocenters. The molecule has 0 aliphatic carbocycles. The number of aromatic amines is 1. The number of rotatable bonds is 7. The molecule has 0 fully saturated rings. The van der Waals surface area contributed by atoms with Crippen LogP contribution in [-0.4, -0.2) is 46.6 Å². The first-order valence-corrected chi connectivity index (χ1v) is 9.26. The van der Waals surface area contributed by atoms with Crippen LogP contribution in [-0.2, 0) is 9.53 Å². The van der Waals surface area contributed by atoms with Crippen molar-refractivity contribution in [1.82, 2.24) is 9.88 Å². The first-order chi connectivity index (χ1) is 14.1. The molecule has 2 aromatic carbocycles. The normalized spacial score (nSPS) is 13.0. The highest BCUT2D eigenvalue weighted by Gasteiger charge is 2.32. The largest absolute Gasteiger partial charge is 0.457 e. The van der Waals surface area contributed by atoms with Crippen molar-refractivity contribution in [3.8, 4) is 0 Å². The third-order valence-corrected chi connectivity index (χ3v) is 4.88. The third-order valence-electron chi connectivity index (χ3n) is 4.88. The summed E-state index contributed by atoms with van der Waals surface area (Å²) in [5.74, 6) is -1.61. The number of nitrogens with one attached hydrogen (secondary N) is 1. The molecule has 7 heteroatoms. The van der Waals surface area contributed by atoms with Crippen molar-refractivity contribution in [3.05, 3.63) is 71.5 Å². The lowest BCUT2D eigenvalue weighted by Gasteiger charge is -2.27. The molecule has 1 aliphatic heterocycles.